The molecule has 68 valence electrons. The first-order valence-electron chi connectivity index (χ1n) is 4.19. The number of aromatic amines is 1. The summed E-state index contributed by atoms with van der Waals surface area (Å²) >= 11 is 0. The monoisotopic (exact) mass is 185 g/mol. The zero-order chi connectivity index (χ0) is 9.54. The first-order chi connectivity index (χ1) is 6.84. The first-order valence-corrected chi connectivity index (χ1v) is 4.19. The molecule has 3 aromatic rings. The molecule has 3 N–H and O–H groups in total. The summed E-state index contributed by atoms with van der Waals surface area (Å²) in [6.45, 7) is 0. The van der Waals surface area contributed by atoms with Gasteiger partial charge in [-0.15, -0.1) is 0 Å². The highest BCUT2D eigenvalue weighted by Gasteiger charge is 2.04. The number of nitrogens with zero attached hydrogens (tertiary/aromatic N) is 3. The second kappa shape index (κ2) is 2.41. The van der Waals surface area contributed by atoms with E-state index in [4.69, 9.17) is 5.73 Å². The molecule has 0 radical (unpaired) electrons. The van der Waals surface area contributed by atoms with Crippen molar-refractivity contribution < 1.29 is 0 Å². The Labute approximate surface area is 79.0 Å². The highest BCUT2D eigenvalue weighted by molar-refractivity contribution is 6.01. The molecule has 0 spiro atoms. The van der Waals surface area contributed by atoms with Crippen LogP contribution in [0, 0.1) is 0 Å². The van der Waals surface area contributed by atoms with Gasteiger partial charge in [-0.1, -0.05) is 0 Å². The minimum atomic E-state index is 0.271. The summed E-state index contributed by atoms with van der Waals surface area (Å²) in [6, 6.07) is 3.89. The van der Waals surface area contributed by atoms with Crippen LogP contribution in [-0.2, 0) is 0 Å². The molecular formula is C9H7N5. The fourth-order valence-corrected chi connectivity index (χ4v) is 1.51. The van der Waals surface area contributed by atoms with Crippen LogP contribution in [0.25, 0.3) is 21.9 Å². The molecule has 14 heavy (non-hydrogen) atoms. The van der Waals surface area contributed by atoms with Crippen molar-refractivity contribution in [2.75, 3.05) is 5.73 Å². The first kappa shape index (κ1) is 7.25. The average Bonchev–Trinajstić information content (AvgIpc) is 2.65. The number of nitrogen functional groups attached to an aromatic ring is 1. The SMILES string of the molecule is Nc1ncc2ccc3[nH]cnc3c2n1. The lowest BCUT2D eigenvalue weighted by molar-refractivity contribution is 1.24. The Morgan fingerprint density at radius 2 is 2.07 bits per heavy atom. The highest BCUT2D eigenvalue weighted by atomic mass is 15.0. The van der Waals surface area contributed by atoms with Gasteiger partial charge in [0.2, 0.25) is 5.95 Å². The molecular weight excluding hydrogens is 178 g/mol. The summed E-state index contributed by atoms with van der Waals surface area (Å²) in [6.07, 6.45) is 3.34. The normalized spacial score (nSPS) is 11.1. The Hall–Kier alpha value is -2.17. The van der Waals surface area contributed by atoms with Crippen LogP contribution in [0.4, 0.5) is 5.95 Å². The van der Waals surface area contributed by atoms with Crippen LogP contribution in [0.3, 0.4) is 0 Å². The summed E-state index contributed by atoms with van der Waals surface area (Å²) < 4.78 is 0. The Morgan fingerprint density at radius 1 is 1.14 bits per heavy atom. The summed E-state index contributed by atoms with van der Waals surface area (Å²) in [5.74, 6) is 0.271. The molecule has 0 saturated heterocycles. The third-order valence-corrected chi connectivity index (χ3v) is 2.16. The predicted molar refractivity (Wildman–Crippen MR) is 53.6 cm³/mol. The van der Waals surface area contributed by atoms with E-state index in [9.17, 15) is 0 Å². The van der Waals surface area contributed by atoms with E-state index in [1.54, 1.807) is 12.5 Å². The van der Waals surface area contributed by atoms with Gasteiger partial charge >= 0.3 is 0 Å². The Morgan fingerprint density at radius 3 is 3.00 bits per heavy atom. The number of nitrogens with one attached hydrogen (secondary N) is 1. The lowest BCUT2D eigenvalue weighted by Gasteiger charge is -1.97. The van der Waals surface area contributed by atoms with Gasteiger partial charge in [-0.3, -0.25) is 0 Å². The zero-order valence-corrected chi connectivity index (χ0v) is 7.23. The number of H-pyrrole nitrogens is 1. The molecule has 0 saturated carbocycles. The van der Waals surface area contributed by atoms with E-state index in [2.05, 4.69) is 19.9 Å². The molecule has 0 aliphatic rings. The van der Waals surface area contributed by atoms with E-state index in [-0.39, 0.29) is 5.95 Å². The van der Waals surface area contributed by atoms with Crippen LogP contribution in [0.15, 0.2) is 24.7 Å². The van der Waals surface area contributed by atoms with Gasteiger partial charge in [-0.2, -0.15) is 0 Å². The van der Waals surface area contributed by atoms with Gasteiger partial charge in [-0.05, 0) is 12.1 Å². The molecule has 0 bridgehead atoms. The quantitative estimate of drug-likeness (QED) is 0.549. The largest absolute Gasteiger partial charge is 0.368 e. The summed E-state index contributed by atoms with van der Waals surface area (Å²) in [5.41, 5.74) is 8.10. The van der Waals surface area contributed by atoms with Crippen molar-refractivity contribution in [2.45, 2.75) is 0 Å². The molecule has 3 rings (SSSR count). The van der Waals surface area contributed by atoms with Crippen LogP contribution >= 0.6 is 0 Å². The number of hydrogen-bond donors (Lipinski definition) is 2. The van der Waals surface area contributed by atoms with E-state index in [1.807, 2.05) is 12.1 Å². The van der Waals surface area contributed by atoms with Gasteiger partial charge in [0.05, 0.1) is 11.8 Å². The van der Waals surface area contributed by atoms with Crippen molar-refractivity contribution in [1.29, 1.82) is 0 Å². The lowest BCUT2D eigenvalue weighted by atomic mass is 10.2. The van der Waals surface area contributed by atoms with Gasteiger partial charge in [0.1, 0.15) is 11.0 Å². The number of rotatable bonds is 0. The maximum Gasteiger partial charge on any atom is 0.220 e. The van der Waals surface area contributed by atoms with Crippen LogP contribution in [-0.4, -0.2) is 19.9 Å². The maximum absolute atomic E-state index is 5.52. The van der Waals surface area contributed by atoms with E-state index < -0.39 is 0 Å². The fraction of sp³-hybridized carbons (Fsp3) is 0. The Kier molecular flexibility index (Phi) is 1.25. The summed E-state index contributed by atoms with van der Waals surface area (Å²) in [5, 5.41) is 0.943. The van der Waals surface area contributed by atoms with Crippen LogP contribution < -0.4 is 5.73 Å². The second-order valence-electron chi connectivity index (χ2n) is 3.03. The van der Waals surface area contributed by atoms with E-state index in [0.717, 1.165) is 21.9 Å². The van der Waals surface area contributed by atoms with Gasteiger partial charge in [-0.25, -0.2) is 15.0 Å². The van der Waals surface area contributed by atoms with Crippen molar-refractivity contribution >= 4 is 27.9 Å². The number of anilines is 1. The van der Waals surface area contributed by atoms with Crippen molar-refractivity contribution in [2.24, 2.45) is 0 Å². The molecule has 0 atom stereocenters. The number of fused-ring (bicyclic) bond motifs is 3. The number of imidazole rings is 1. The molecule has 5 nitrogen and oxygen atoms in total. The number of nitrogens with two attached hydrogens (primary N) is 1. The molecule has 5 heteroatoms. The van der Waals surface area contributed by atoms with E-state index >= 15 is 0 Å². The number of hydrogen-bond acceptors (Lipinski definition) is 4. The highest BCUT2D eigenvalue weighted by Crippen LogP contribution is 2.20. The van der Waals surface area contributed by atoms with Crippen molar-refractivity contribution in [3.8, 4) is 0 Å². The number of benzene rings is 1. The number of aromatic nitrogens is 4. The van der Waals surface area contributed by atoms with Crippen molar-refractivity contribution in [1.82, 2.24) is 19.9 Å². The van der Waals surface area contributed by atoms with Crippen molar-refractivity contribution in [3.05, 3.63) is 24.7 Å². The molecule has 1 aromatic carbocycles. The standard InChI is InChI=1S/C9H7N5/c10-9-11-3-5-1-2-6-8(7(5)14-9)13-4-12-6/h1-4H,(H,12,13)(H2,10,11,14). The Balaban J connectivity index is 2.60. The van der Waals surface area contributed by atoms with Crippen LogP contribution in [0.5, 0.6) is 0 Å². The van der Waals surface area contributed by atoms with Crippen LogP contribution in [0.1, 0.15) is 0 Å². The van der Waals surface area contributed by atoms with Crippen LogP contribution in [0.2, 0.25) is 0 Å². The lowest BCUT2D eigenvalue weighted by Crippen LogP contribution is -1.94. The summed E-state index contributed by atoms with van der Waals surface area (Å²) in [4.78, 5) is 15.3. The molecule has 0 aliphatic carbocycles. The third-order valence-electron chi connectivity index (χ3n) is 2.16. The predicted octanol–water partition coefficient (Wildman–Crippen LogP) is 1.09. The third kappa shape index (κ3) is 0.861. The Bertz CT molecular complexity index is 613. The molecule has 2 aromatic heterocycles. The average molecular weight is 185 g/mol. The fourth-order valence-electron chi connectivity index (χ4n) is 1.51. The van der Waals surface area contributed by atoms with Gasteiger partial charge in [0.15, 0.2) is 0 Å². The van der Waals surface area contributed by atoms with Gasteiger partial charge < -0.3 is 10.7 Å². The minimum Gasteiger partial charge on any atom is -0.368 e. The van der Waals surface area contributed by atoms with Gasteiger partial charge in [0, 0.05) is 11.6 Å². The van der Waals surface area contributed by atoms with Crippen molar-refractivity contribution in [3.63, 3.8) is 0 Å². The molecule has 0 fully saturated rings. The summed E-state index contributed by atoms with van der Waals surface area (Å²) in [7, 11) is 0. The minimum absolute atomic E-state index is 0.271. The topological polar surface area (TPSA) is 80.5 Å². The molecule has 0 unspecified atom stereocenters. The molecule has 0 aliphatic heterocycles. The molecule has 2 heterocycles. The second-order valence-corrected chi connectivity index (χ2v) is 3.03. The zero-order valence-electron chi connectivity index (χ0n) is 7.23. The smallest absolute Gasteiger partial charge is 0.220 e. The molecule has 0 amide bonds. The van der Waals surface area contributed by atoms with E-state index in [0.29, 0.717) is 0 Å². The van der Waals surface area contributed by atoms with Gasteiger partial charge in [0.25, 0.3) is 0 Å². The maximum atomic E-state index is 5.52. The van der Waals surface area contributed by atoms with E-state index in [1.165, 1.54) is 0 Å².